The second-order valence-corrected chi connectivity index (χ2v) is 9.69. The van der Waals surface area contributed by atoms with E-state index in [9.17, 15) is 4.79 Å². The minimum Gasteiger partial charge on any atom is -0.326 e. The van der Waals surface area contributed by atoms with Crippen LogP contribution in [-0.4, -0.2) is 34.9 Å². The van der Waals surface area contributed by atoms with Crippen molar-refractivity contribution in [1.29, 1.82) is 0 Å². The van der Waals surface area contributed by atoms with Crippen molar-refractivity contribution < 1.29 is 4.79 Å². The Morgan fingerprint density at radius 2 is 1.85 bits per heavy atom. The molecule has 5 rings (SSSR count). The van der Waals surface area contributed by atoms with Crippen LogP contribution in [0.25, 0.3) is 10.2 Å². The first-order chi connectivity index (χ1) is 13.3. The molecule has 2 saturated carbocycles. The number of aromatic nitrogens is 1. The average molecular weight is 384 g/mol. The quantitative estimate of drug-likeness (QED) is 0.793. The maximum absolute atomic E-state index is 12.4. The van der Waals surface area contributed by atoms with Gasteiger partial charge in [-0.25, -0.2) is 4.98 Å². The lowest BCUT2D eigenvalue weighted by Gasteiger charge is -2.43. The van der Waals surface area contributed by atoms with Crippen molar-refractivity contribution in [3.05, 3.63) is 23.2 Å². The molecule has 5 heteroatoms. The molecule has 0 radical (unpaired) electrons. The van der Waals surface area contributed by atoms with Crippen LogP contribution in [0.3, 0.4) is 0 Å². The summed E-state index contributed by atoms with van der Waals surface area (Å²) in [5.41, 5.74) is 2.00. The van der Waals surface area contributed by atoms with Gasteiger partial charge in [0.05, 0.1) is 15.2 Å². The number of hydrogen-bond acceptors (Lipinski definition) is 4. The van der Waals surface area contributed by atoms with Gasteiger partial charge in [0.2, 0.25) is 5.91 Å². The number of nitrogens with one attached hydrogen (secondary N) is 1. The van der Waals surface area contributed by atoms with Crippen LogP contribution in [0.5, 0.6) is 0 Å². The number of thiazole rings is 1. The van der Waals surface area contributed by atoms with Crippen molar-refractivity contribution in [2.24, 2.45) is 5.92 Å². The van der Waals surface area contributed by atoms with Crippen LogP contribution in [0.4, 0.5) is 5.69 Å². The number of carbonyl (C=O) groups excluding carboxylic acids is 1. The number of anilines is 1. The van der Waals surface area contributed by atoms with E-state index in [0.717, 1.165) is 30.1 Å². The molecule has 1 N–H and O–H groups in total. The third kappa shape index (κ3) is 3.64. The second kappa shape index (κ2) is 7.51. The Morgan fingerprint density at radius 1 is 1.07 bits per heavy atom. The lowest BCUT2D eigenvalue weighted by Crippen LogP contribution is -2.46. The SMILES string of the molecule is O=C(Nc1ccc2nc([C@H]3C[C@@H](N4CCCCC4)C3)sc2c1)C1CCCC1. The summed E-state index contributed by atoms with van der Waals surface area (Å²) in [4.78, 5) is 20.0. The molecule has 0 spiro atoms. The summed E-state index contributed by atoms with van der Waals surface area (Å²) in [6, 6.07) is 6.98. The number of piperidine rings is 1. The van der Waals surface area contributed by atoms with Gasteiger partial charge in [-0.15, -0.1) is 11.3 Å². The van der Waals surface area contributed by atoms with Crippen LogP contribution < -0.4 is 5.32 Å². The standard InChI is InChI=1S/C22H29N3OS/c26-21(15-6-2-3-7-15)23-17-8-9-19-20(14-17)27-22(24-19)16-12-18(13-16)25-10-4-1-5-11-25/h8-9,14-16,18H,1-7,10-13H2,(H,23,26)/t16-,18+. The third-order valence-electron chi connectivity index (χ3n) is 6.77. The first-order valence-electron chi connectivity index (χ1n) is 10.7. The van der Waals surface area contributed by atoms with E-state index < -0.39 is 0 Å². The molecule has 0 atom stereocenters. The summed E-state index contributed by atoms with van der Waals surface area (Å²) in [5.74, 6) is 1.03. The monoisotopic (exact) mass is 383 g/mol. The number of hydrogen-bond donors (Lipinski definition) is 1. The highest BCUT2D eigenvalue weighted by molar-refractivity contribution is 7.18. The molecule has 4 nitrogen and oxygen atoms in total. The predicted molar refractivity (Wildman–Crippen MR) is 111 cm³/mol. The summed E-state index contributed by atoms with van der Waals surface area (Å²) in [6.07, 6.45) is 11.2. The van der Waals surface area contributed by atoms with Crippen LogP contribution >= 0.6 is 11.3 Å². The summed E-state index contributed by atoms with van der Waals surface area (Å²) >= 11 is 1.82. The van der Waals surface area contributed by atoms with Crippen LogP contribution in [-0.2, 0) is 4.79 Å². The maximum Gasteiger partial charge on any atom is 0.227 e. The lowest BCUT2D eigenvalue weighted by molar-refractivity contribution is -0.119. The molecule has 27 heavy (non-hydrogen) atoms. The molecule has 0 unspecified atom stereocenters. The van der Waals surface area contributed by atoms with Gasteiger partial charge in [0.15, 0.2) is 0 Å². The molecule has 2 heterocycles. The summed E-state index contributed by atoms with van der Waals surface area (Å²) < 4.78 is 1.20. The molecule has 2 aromatic rings. The Kier molecular flexibility index (Phi) is 4.91. The molecular weight excluding hydrogens is 354 g/mol. The first-order valence-corrected chi connectivity index (χ1v) is 11.5. The lowest BCUT2D eigenvalue weighted by atomic mass is 9.79. The molecule has 1 amide bonds. The van der Waals surface area contributed by atoms with Gasteiger partial charge in [-0.2, -0.15) is 0 Å². The predicted octanol–water partition coefficient (Wildman–Crippen LogP) is 5.16. The van der Waals surface area contributed by atoms with E-state index in [1.807, 2.05) is 17.4 Å². The number of fused-ring (bicyclic) bond motifs is 1. The fourth-order valence-corrected chi connectivity index (χ4v) is 6.13. The van der Waals surface area contributed by atoms with Gasteiger partial charge >= 0.3 is 0 Å². The zero-order chi connectivity index (χ0) is 18.2. The van der Waals surface area contributed by atoms with Crippen LogP contribution in [0.15, 0.2) is 18.2 Å². The second-order valence-electron chi connectivity index (χ2n) is 8.62. The van der Waals surface area contributed by atoms with Crippen molar-refractivity contribution in [2.45, 2.75) is 69.7 Å². The van der Waals surface area contributed by atoms with Gasteiger partial charge in [-0.3, -0.25) is 4.79 Å². The van der Waals surface area contributed by atoms with Crippen molar-refractivity contribution in [3.8, 4) is 0 Å². The smallest absolute Gasteiger partial charge is 0.227 e. The van der Waals surface area contributed by atoms with Gasteiger partial charge in [0, 0.05) is 23.6 Å². The Bertz CT molecular complexity index is 814. The number of carbonyl (C=O) groups is 1. The molecule has 1 aromatic carbocycles. The van der Waals surface area contributed by atoms with E-state index in [0.29, 0.717) is 5.92 Å². The Balaban J connectivity index is 1.24. The van der Waals surface area contributed by atoms with Crippen LogP contribution in [0.1, 0.15) is 68.7 Å². The Labute approximate surface area is 165 Å². The fourth-order valence-electron chi connectivity index (χ4n) is 5.00. The highest BCUT2D eigenvalue weighted by Crippen LogP contribution is 2.43. The van der Waals surface area contributed by atoms with Crippen molar-refractivity contribution in [2.75, 3.05) is 18.4 Å². The van der Waals surface area contributed by atoms with Gasteiger partial charge in [0.25, 0.3) is 0 Å². The molecule has 1 saturated heterocycles. The van der Waals surface area contributed by atoms with Gasteiger partial charge in [-0.05, 0) is 69.8 Å². The molecular formula is C22H29N3OS. The van der Waals surface area contributed by atoms with Gasteiger partial charge in [-0.1, -0.05) is 19.3 Å². The van der Waals surface area contributed by atoms with E-state index in [1.165, 1.54) is 67.7 Å². The van der Waals surface area contributed by atoms with Crippen LogP contribution in [0.2, 0.25) is 0 Å². The van der Waals surface area contributed by atoms with Gasteiger partial charge < -0.3 is 10.2 Å². The summed E-state index contributed by atoms with van der Waals surface area (Å²) in [6.45, 7) is 2.59. The molecule has 3 aliphatic rings. The minimum absolute atomic E-state index is 0.194. The van der Waals surface area contributed by atoms with E-state index in [4.69, 9.17) is 4.98 Å². The summed E-state index contributed by atoms with van der Waals surface area (Å²) in [7, 11) is 0. The van der Waals surface area contributed by atoms with Crippen LogP contribution in [0, 0.1) is 5.92 Å². The van der Waals surface area contributed by atoms with E-state index in [-0.39, 0.29) is 11.8 Å². The number of likely N-dealkylation sites (tertiary alicyclic amines) is 1. The normalized spacial score (nSPS) is 27.0. The van der Waals surface area contributed by atoms with Gasteiger partial charge in [0.1, 0.15) is 0 Å². The highest BCUT2D eigenvalue weighted by Gasteiger charge is 2.36. The molecule has 2 aliphatic carbocycles. The topological polar surface area (TPSA) is 45.2 Å². The first kappa shape index (κ1) is 17.6. The molecule has 1 aliphatic heterocycles. The molecule has 0 bridgehead atoms. The van der Waals surface area contributed by atoms with Crippen molar-refractivity contribution in [1.82, 2.24) is 9.88 Å². The number of rotatable bonds is 4. The number of nitrogens with zero attached hydrogens (tertiary/aromatic N) is 2. The fraction of sp³-hybridized carbons (Fsp3) is 0.636. The third-order valence-corrected chi connectivity index (χ3v) is 7.95. The van der Waals surface area contributed by atoms with E-state index in [1.54, 1.807) is 0 Å². The van der Waals surface area contributed by atoms with Crippen molar-refractivity contribution in [3.63, 3.8) is 0 Å². The number of benzene rings is 1. The Hall–Kier alpha value is -1.46. The van der Waals surface area contributed by atoms with E-state index in [2.05, 4.69) is 22.3 Å². The zero-order valence-electron chi connectivity index (χ0n) is 16.0. The van der Waals surface area contributed by atoms with Crippen molar-refractivity contribution >= 4 is 33.1 Å². The number of amides is 1. The molecule has 1 aromatic heterocycles. The molecule has 3 fully saturated rings. The zero-order valence-corrected chi connectivity index (χ0v) is 16.8. The highest BCUT2D eigenvalue weighted by atomic mass is 32.1. The maximum atomic E-state index is 12.4. The van der Waals surface area contributed by atoms with E-state index >= 15 is 0 Å². The minimum atomic E-state index is 0.194. The molecule has 144 valence electrons. The summed E-state index contributed by atoms with van der Waals surface area (Å²) in [5, 5.41) is 4.42. The average Bonchev–Trinajstić information content (AvgIpc) is 3.31. The largest absolute Gasteiger partial charge is 0.326 e. The Morgan fingerprint density at radius 3 is 2.63 bits per heavy atom.